The number of hydrogen-bond donors (Lipinski definition) is 0. The highest BCUT2D eigenvalue weighted by atomic mass is 16.3. The van der Waals surface area contributed by atoms with E-state index in [0.29, 0.717) is 12.3 Å². The Morgan fingerprint density at radius 1 is 0.455 bits per heavy atom. The van der Waals surface area contributed by atoms with E-state index in [1.807, 2.05) is 30.3 Å². The molecule has 8 rings (SSSR count). The Morgan fingerprint density at radius 3 is 1.75 bits per heavy atom. The van der Waals surface area contributed by atoms with Crippen molar-refractivity contribution < 1.29 is 4.42 Å². The second kappa shape index (κ2) is 11.1. The fourth-order valence-electron chi connectivity index (χ4n) is 5.99. The Balaban J connectivity index is 1.33. The van der Waals surface area contributed by atoms with Crippen molar-refractivity contribution in [2.75, 3.05) is 0 Å². The smallest absolute Gasteiger partial charge is 0.160 e. The standard InChI is InChI=1S/C41H28N2O/c1-4-12-28(13-5-1)29-20-22-30(23-21-29)33-24-25-35(39-34-18-10-11-19-38(34)44-40(33)39)41-42-36(31-14-6-2-7-15-31)26-27-37(43-41)32-16-8-3-9-17-32/h1-26H,27H2. The molecule has 44 heavy (non-hydrogen) atoms. The van der Waals surface area contributed by atoms with Gasteiger partial charge in [0, 0.05) is 28.3 Å². The quantitative estimate of drug-likeness (QED) is 0.205. The van der Waals surface area contributed by atoms with E-state index in [1.165, 1.54) is 11.1 Å². The predicted molar refractivity (Wildman–Crippen MR) is 183 cm³/mol. The van der Waals surface area contributed by atoms with Crippen LogP contribution in [0.1, 0.15) is 23.1 Å². The van der Waals surface area contributed by atoms with Crippen LogP contribution in [0, 0.1) is 0 Å². The average molecular weight is 565 g/mol. The van der Waals surface area contributed by atoms with Gasteiger partial charge < -0.3 is 4.42 Å². The van der Waals surface area contributed by atoms with Gasteiger partial charge in [-0.3, -0.25) is 0 Å². The van der Waals surface area contributed by atoms with E-state index < -0.39 is 0 Å². The molecule has 0 spiro atoms. The monoisotopic (exact) mass is 564 g/mol. The number of nitrogens with zero attached hydrogens (tertiary/aromatic N) is 2. The minimum atomic E-state index is 0.680. The van der Waals surface area contributed by atoms with E-state index in [-0.39, 0.29) is 0 Å². The summed E-state index contributed by atoms with van der Waals surface area (Å²) in [6.45, 7) is 0. The number of furan rings is 1. The minimum absolute atomic E-state index is 0.680. The van der Waals surface area contributed by atoms with Gasteiger partial charge >= 0.3 is 0 Å². The highest BCUT2D eigenvalue weighted by Crippen LogP contribution is 2.39. The van der Waals surface area contributed by atoms with Gasteiger partial charge in [0.1, 0.15) is 11.2 Å². The highest BCUT2D eigenvalue weighted by molar-refractivity contribution is 6.24. The molecule has 1 aliphatic rings. The summed E-state index contributed by atoms with van der Waals surface area (Å²) in [6, 6.07) is 52.4. The van der Waals surface area contributed by atoms with Gasteiger partial charge in [0.15, 0.2) is 5.84 Å². The zero-order valence-electron chi connectivity index (χ0n) is 24.0. The molecule has 0 amide bonds. The van der Waals surface area contributed by atoms with Gasteiger partial charge in [-0.1, -0.05) is 140 Å². The zero-order chi connectivity index (χ0) is 29.3. The molecule has 1 aromatic heterocycles. The van der Waals surface area contributed by atoms with Crippen LogP contribution in [0.5, 0.6) is 0 Å². The minimum Gasteiger partial charge on any atom is -0.455 e. The Hall–Kier alpha value is -5.80. The van der Waals surface area contributed by atoms with Gasteiger partial charge in [-0.25, -0.2) is 9.98 Å². The number of amidine groups is 1. The topological polar surface area (TPSA) is 37.9 Å². The Labute approximate surface area is 256 Å². The number of aliphatic imine (C=N–C) groups is 2. The maximum Gasteiger partial charge on any atom is 0.160 e. The summed E-state index contributed by atoms with van der Waals surface area (Å²) in [5.41, 5.74) is 11.2. The lowest BCUT2D eigenvalue weighted by atomic mass is 9.96. The van der Waals surface area contributed by atoms with Crippen LogP contribution in [0.25, 0.3) is 49.9 Å². The van der Waals surface area contributed by atoms with E-state index in [0.717, 1.165) is 61.2 Å². The molecule has 0 bridgehead atoms. The summed E-state index contributed by atoms with van der Waals surface area (Å²) in [4.78, 5) is 10.5. The lowest BCUT2D eigenvalue weighted by molar-refractivity contribution is 0.670. The molecule has 7 aromatic rings. The summed E-state index contributed by atoms with van der Waals surface area (Å²) in [6.07, 6.45) is 2.86. The summed E-state index contributed by atoms with van der Waals surface area (Å²) in [7, 11) is 0. The Bertz CT molecular complexity index is 2210. The van der Waals surface area contributed by atoms with Crippen molar-refractivity contribution in [2.45, 2.75) is 6.42 Å². The molecule has 3 heteroatoms. The lowest BCUT2D eigenvalue weighted by Gasteiger charge is -2.10. The van der Waals surface area contributed by atoms with Crippen molar-refractivity contribution in [3.05, 3.63) is 174 Å². The lowest BCUT2D eigenvalue weighted by Crippen LogP contribution is -2.05. The molecule has 6 aromatic carbocycles. The first kappa shape index (κ1) is 25.9. The van der Waals surface area contributed by atoms with Crippen LogP contribution in [0.4, 0.5) is 0 Å². The van der Waals surface area contributed by atoms with Crippen LogP contribution in [0.2, 0.25) is 0 Å². The van der Waals surface area contributed by atoms with Gasteiger partial charge in [0.05, 0.1) is 11.4 Å². The number of benzene rings is 6. The number of allylic oxidation sites excluding steroid dienone is 1. The summed E-state index contributed by atoms with van der Waals surface area (Å²) in [5.74, 6) is 0.680. The first-order chi connectivity index (χ1) is 21.8. The molecule has 0 unspecified atom stereocenters. The third-order valence-electron chi connectivity index (χ3n) is 8.20. The first-order valence-corrected chi connectivity index (χ1v) is 14.9. The number of rotatable bonds is 5. The van der Waals surface area contributed by atoms with Gasteiger partial charge in [0.2, 0.25) is 0 Å². The van der Waals surface area contributed by atoms with Crippen LogP contribution >= 0.6 is 0 Å². The van der Waals surface area contributed by atoms with Gasteiger partial charge in [-0.2, -0.15) is 0 Å². The largest absolute Gasteiger partial charge is 0.455 e. The molecule has 0 radical (unpaired) electrons. The van der Waals surface area contributed by atoms with Crippen LogP contribution in [-0.4, -0.2) is 11.5 Å². The second-order valence-corrected chi connectivity index (χ2v) is 10.9. The van der Waals surface area contributed by atoms with E-state index in [9.17, 15) is 0 Å². The average Bonchev–Trinajstić information content (AvgIpc) is 3.35. The normalized spacial score (nSPS) is 13.3. The molecule has 0 saturated carbocycles. The summed E-state index contributed by atoms with van der Waals surface area (Å²) < 4.78 is 6.62. The third kappa shape index (κ3) is 4.75. The van der Waals surface area contributed by atoms with Crippen molar-refractivity contribution in [3.63, 3.8) is 0 Å². The fourth-order valence-corrected chi connectivity index (χ4v) is 5.99. The first-order valence-electron chi connectivity index (χ1n) is 14.9. The Kier molecular flexibility index (Phi) is 6.54. The molecule has 0 saturated heterocycles. The fraction of sp³-hybridized carbons (Fsp3) is 0.0244. The van der Waals surface area contributed by atoms with Crippen LogP contribution in [0.15, 0.2) is 172 Å². The third-order valence-corrected chi connectivity index (χ3v) is 8.20. The number of para-hydroxylation sites is 1. The highest BCUT2D eigenvalue weighted by Gasteiger charge is 2.21. The molecule has 2 heterocycles. The van der Waals surface area contributed by atoms with Crippen LogP contribution < -0.4 is 0 Å². The summed E-state index contributed by atoms with van der Waals surface area (Å²) in [5, 5.41) is 2.07. The molecule has 3 nitrogen and oxygen atoms in total. The van der Waals surface area contributed by atoms with Crippen LogP contribution in [0.3, 0.4) is 0 Å². The maximum absolute atomic E-state index is 6.62. The molecule has 0 aliphatic carbocycles. The van der Waals surface area contributed by atoms with Gasteiger partial charge in [-0.15, -0.1) is 0 Å². The van der Waals surface area contributed by atoms with E-state index in [2.05, 4.69) is 127 Å². The van der Waals surface area contributed by atoms with Crippen molar-refractivity contribution >= 4 is 39.2 Å². The molecule has 0 N–H and O–H groups in total. The summed E-state index contributed by atoms with van der Waals surface area (Å²) >= 11 is 0. The van der Waals surface area contributed by atoms with Crippen molar-refractivity contribution in [2.24, 2.45) is 9.98 Å². The molecule has 0 fully saturated rings. The van der Waals surface area contributed by atoms with E-state index in [4.69, 9.17) is 14.4 Å². The predicted octanol–water partition coefficient (Wildman–Crippen LogP) is 10.6. The molecule has 1 aliphatic heterocycles. The van der Waals surface area contributed by atoms with E-state index in [1.54, 1.807) is 0 Å². The molecule has 0 atom stereocenters. The SMILES string of the molecule is C1=C(c2ccccc2)N=C(c2ccc(-c3ccc(-c4ccccc4)cc3)c3oc4ccccc4c23)N=C(c2ccccc2)C1. The molecule has 208 valence electrons. The van der Waals surface area contributed by atoms with Crippen molar-refractivity contribution in [3.8, 4) is 22.3 Å². The van der Waals surface area contributed by atoms with Crippen molar-refractivity contribution in [1.29, 1.82) is 0 Å². The van der Waals surface area contributed by atoms with E-state index >= 15 is 0 Å². The molecular formula is C41H28N2O. The van der Waals surface area contributed by atoms with Crippen LogP contribution in [-0.2, 0) is 0 Å². The van der Waals surface area contributed by atoms with Gasteiger partial charge in [0.25, 0.3) is 0 Å². The maximum atomic E-state index is 6.62. The van der Waals surface area contributed by atoms with Gasteiger partial charge in [-0.05, 0) is 46.0 Å². The van der Waals surface area contributed by atoms with Crippen molar-refractivity contribution in [1.82, 2.24) is 0 Å². The number of hydrogen-bond acceptors (Lipinski definition) is 3. The molecular weight excluding hydrogens is 536 g/mol. The Morgan fingerprint density at radius 2 is 1.02 bits per heavy atom. The number of fused-ring (bicyclic) bond motifs is 3. The second-order valence-electron chi connectivity index (χ2n) is 10.9. The zero-order valence-corrected chi connectivity index (χ0v) is 24.0.